The van der Waals surface area contributed by atoms with Crippen LogP contribution in [0.1, 0.15) is 0 Å². The third kappa shape index (κ3) is 5.91. The standard InChI is InChI=1S/C20H17BrF2N4O2S/c1-27(9-18(28)24-16-5-3-2-4-13(16)21)10-19(29)26-20-25-17(11-30-20)12-6-7-14(22)15(23)8-12/h2-8,11H,9-10H2,1H3,(H,24,28)(H,25,26,29). The second-order valence-corrected chi connectivity index (χ2v) is 8.13. The molecule has 3 rings (SSSR count). The summed E-state index contributed by atoms with van der Waals surface area (Å²) in [5.74, 6) is -2.51. The lowest BCUT2D eigenvalue weighted by Gasteiger charge is -2.15. The molecule has 30 heavy (non-hydrogen) atoms. The number of halogens is 3. The van der Waals surface area contributed by atoms with Crippen molar-refractivity contribution in [2.45, 2.75) is 0 Å². The highest BCUT2D eigenvalue weighted by Gasteiger charge is 2.14. The molecule has 1 aromatic heterocycles. The summed E-state index contributed by atoms with van der Waals surface area (Å²) in [5, 5.41) is 7.37. The van der Waals surface area contributed by atoms with Crippen LogP contribution in [0.5, 0.6) is 0 Å². The van der Waals surface area contributed by atoms with E-state index in [9.17, 15) is 18.4 Å². The zero-order valence-corrected chi connectivity index (χ0v) is 18.2. The van der Waals surface area contributed by atoms with Crippen molar-refractivity contribution in [1.29, 1.82) is 0 Å². The van der Waals surface area contributed by atoms with E-state index in [1.165, 1.54) is 6.07 Å². The first kappa shape index (κ1) is 22.0. The number of aromatic nitrogens is 1. The number of benzene rings is 2. The summed E-state index contributed by atoms with van der Waals surface area (Å²) in [6.07, 6.45) is 0. The van der Waals surface area contributed by atoms with E-state index in [0.29, 0.717) is 22.1 Å². The van der Waals surface area contributed by atoms with Crippen molar-refractivity contribution >= 4 is 49.9 Å². The Labute approximate surface area is 184 Å². The van der Waals surface area contributed by atoms with E-state index in [4.69, 9.17) is 0 Å². The lowest BCUT2D eigenvalue weighted by molar-refractivity contribution is -0.119. The molecule has 0 fully saturated rings. The van der Waals surface area contributed by atoms with Gasteiger partial charge in [0.1, 0.15) is 0 Å². The summed E-state index contributed by atoms with van der Waals surface area (Å²) >= 11 is 4.52. The van der Waals surface area contributed by atoms with Crippen LogP contribution >= 0.6 is 27.3 Å². The van der Waals surface area contributed by atoms with Crippen LogP contribution in [0.25, 0.3) is 11.3 Å². The highest BCUT2D eigenvalue weighted by Crippen LogP contribution is 2.26. The maximum Gasteiger partial charge on any atom is 0.240 e. The van der Waals surface area contributed by atoms with Gasteiger partial charge in [0.15, 0.2) is 16.8 Å². The fourth-order valence-electron chi connectivity index (χ4n) is 2.58. The van der Waals surface area contributed by atoms with Gasteiger partial charge < -0.3 is 10.6 Å². The number of rotatable bonds is 7. The molecule has 0 unspecified atom stereocenters. The number of carbonyl (C=O) groups excluding carboxylic acids is 2. The first-order valence-corrected chi connectivity index (χ1v) is 10.4. The molecule has 2 aromatic carbocycles. The molecule has 0 aliphatic heterocycles. The van der Waals surface area contributed by atoms with Crippen LogP contribution in [0.3, 0.4) is 0 Å². The molecule has 0 aliphatic carbocycles. The smallest absolute Gasteiger partial charge is 0.240 e. The monoisotopic (exact) mass is 494 g/mol. The molecule has 0 saturated carbocycles. The van der Waals surface area contributed by atoms with Crippen molar-refractivity contribution < 1.29 is 18.4 Å². The average Bonchev–Trinajstić information content (AvgIpc) is 3.13. The van der Waals surface area contributed by atoms with Crippen molar-refractivity contribution in [3.63, 3.8) is 0 Å². The fraction of sp³-hybridized carbons (Fsp3) is 0.150. The Bertz CT molecular complexity index is 1080. The predicted molar refractivity (Wildman–Crippen MR) is 116 cm³/mol. The molecule has 1 heterocycles. The van der Waals surface area contributed by atoms with E-state index < -0.39 is 11.6 Å². The van der Waals surface area contributed by atoms with Gasteiger partial charge in [-0.05, 0) is 53.3 Å². The maximum atomic E-state index is 13.4. The number of carbonyl (C=O) groups is 2. The molecule has 6 nitrogen and oxygen atoms in total. The quantitative estimate of drug-likeness (QED) is 0.511. The normalized spacial score (nSPS) is 10.8. The lowest BCUT2D eigenvalue weighted by atomic mass is 10.2. The number of amides is 2. The van der Waals surface area contributed by atoms with Crippen molar-refractivity contribution in [2.24, 2.45) is 0 Å². The van der Waals surface area contributed by atoms with Crippen molar-refractivity contribution in [1.82, 2.24) is 9.88 Å². The van der Waals surface area contributed by atoms with Crippen LogP contribution < -0.4 is 10.6 Å². The molecule has 0 saturated heterocycles. The number of nitrogens with zero attached hydrogens (tertiary/aromatic N) is 2. The summed E-state index contributed by atoms with van der Waals surface area (Å²) in [7, 11) is 1.65. The van der Waals surface area contributed by atoms with Crippen LogP contribution in [-0.2, 0) is 9.59 Å². The van der Waals surface area contributed by atoms with Gasteiger partial charge in [-0.2, -0.15) is 0 Å². The maximum absolute atomic E-state index is 13.4. The first-order chi connectivity index (χ1) is 14.3. The van der Waals surface area contributed by atoms with E-state index >= 15 is 0 Å². The molecular weight excluding hydrogens is 478 g/mol. The molecule has 156 valence electrons. The van der Waals surface area contributed by atoms with Crippen LogP contribution in [-0.4, -0.2) is 41.8 Å². The fourth-order valence-corrected chi connectivity index (χ4v) is 3.70. The average molecular weight is 495 g/mol. The van der Waals surface area contributed by atoms with Crippen LogP contribution in [0.15, 0.2) is 52.3 Å². The number of hydrogen-bond donors (Lipinski definition) is 2. The molecule has 0 bridgehead atoms. The minimum Gasteiger partial charge on any atom is -0.324 e. The largest absolute Gasteiger partial charge is 0.324 e. The molecule has 3 aromatic rings. The molecule has 2 amide bonds. The lowest BCUT2D eigenvalue weighted by Crippen LogP contribution is -2.36. The summed E-state index contributed by atoms with van der Waals surface area (Å²) in [6, 6.07) is 10.7. The Hall–Kier alpha value is -2.69. The summed E-state index contributed by atoms with van der Waals surface area (Å²) in [6.45, 7) is -0.00377. The van der Waals surface area contributed by atoms with E-state index in [-0.39, 0.29) is 24.9 Å². The zero-order valence-electron chi connectivity index (χ0n) is 15.8. The van der Waals surface area contributed by atoms with Crippen LogP contribution in [0.4, 0.5) is 19.6 Å². The summed E-state index contributed by atoms with van der Waals surface area (Å²) < 4.78 is 27.2. The van der Waals surface area contributed by atoms with E-state index in [1.54, 1.807) is 29.5 Å². The second-order valence-electron chi connectivity index (χ2n) is 6.42. The number of thiazole rings is 1. The van der Waals surface area contributed by atoms with E-state index in [2.05, 4.69) is 31.5 Å². The number of hydrogen-bond acceptors (Lipinski definition) is 5. The molecule has 0 radical (unpaired) electrons. The van der Waals surface area contributed by atoms with Crippen molar-refractivity contribution in [3.05, 3.63) is 64.0 Å². The van der Waals surface area contributed by atoms with Gasteiger partial charge in [0.2, 0.25) is 11.8 Å². The van der Waals surface area contributed by atoms with Gasteiger partial charge in [0, 0.05) is 15.4 Å². The third-order valence-corrected chi connectivity index (χ3v) is 5.39. The van der Waals surface area contributed by atoms with Gasteiger partial charge in [0.05, 0.1) is 24.5 Å². The highest BCUT2D eigenvalue weighted by atomic mass is 79.9. The zero-order chi connectivity index (χ0) is 21.7. The highest BCUT2D eigenvalue weighted by molar-refractivity contribution is 9.10. The van der Waals surface area contributed by atoms with Gasteiger partial charge in [0.25, 0.3) is 0 Å². The minimum absolute atomic E-state index is 0.0206. The number of likely N-dealkylation sites (N-methyl/N-ethyl adjacent to an activating group) is 1. The SMILES string of the molecule is CN(CC(=O)Nc1nc(-c2ccc(F)c(F)c2)cs1)CC(=O)Nc1ccccc1Br. The van der Waals surface area contributed by atoms with Gasteiger partial charge in [-0.25, -0.2) is 13.8 Å². The minimum atomic E-state index is -0.964. The Morgan fingerprint density at radius 1 is 1.07 bits per heavy atom. The molecular formula is C20H17BrF2N4O2S. The first-order valence-electron chi connectivity index (χ1n) is 8.75. The Balaban J connectivity index is 1.51. The Kier molecular flexibility index (Phi) is 7.24. The van der Waals surface area contributed by atoms with Gasteiger partial charge >= 0.3 is 0 Å². The number of nitrogens with one attached hydrogen (secondary N) is 2. The second kappa shape index (κ2) is 9.88. The van der Waals surface area contributed by atoms with Gasteiger partial charge in [-0.3, -0.25) is 14.5 Å². The predicted octanol–water partition coefficient (Wildman–Crippen LogP) is 4.36. The van der Waals surface area contributed by atoms with E-state index in [0.717, 1.165) is 27.9 Å². The molecule has 0 atom stereocenters. The van der Waals surface area contributed by atoms with Crippen molar-refractivity contribution in [2.75, 3.05) is 30.8 Å². The van der Waals surface area contributed by atoms with Gasteiger partial charge in [-0.15, -0.1) is 11.3 Å². The Morgan fingerprint density at radius 3 is 2.47 bits per heavy atom. The van der Waals surface area contributed by atoms with Crippen LogP contribution in [0.2, 0.25) is 0 Å². The summed E-state index contributed by atoms with van der Waals surface area (Å²) in [4.78, 5) is 30.2. The molecule has 0 spiro atoms. The number of para-hydroxylation sites is 1. The Morgan fingerprint density at radius 2 is 1.77 bits per heavy atom. The molecule has 10 heteroatoms. The van der Waals surface area contributed by atoms with Crippen molar-refractivity contribution in [3.8, 4) is 11.3 Å². The van der Waals surface area contributed by atoms with Crippen LogP contribution in [0, 0.1) is 11.6 Å². The topological polar surface area (TPSA) is 74.3 Å². The molecule has 0 aliphatic rings. The summed E-state index contributed by atoms with van der Waals surface area (Å²) in [5.41, 5.74) is 1.48. The molecule has 2 N–H and O–H groups in total. The number of anilines is 2. The third-order valence-electron chi connectivity index (χ3n) is 3.94. The van der Waals surface area contributed by atoms with Gasteiger partial charge in [-0.1, -0.05) is 12.1 Å². The van der Waals surface area contributed by atoms with E-state index in [1.807, 2.05) is 12.1 Å².